The van der Waals surface area contributed by atoms with E-state index in [9.17, 15) is 0 Å². The van der Waals surface area contributed by atoms with Crippen LogP contribution in [0.3, 0.4) is 0 Å². The van der Waals surface area contributed by atoms with Crippen molar-refractivity contribution in [1.29, 1.82) is 0 Å². The van der Waals surface area contributed by atoms with Crippen LogP contribution >= 0.6 is 11.8 Å². The Bertz CT molecular complexity index is 1110. The Labute approximate surface area is 193 Å². The molecule has 0 bridgehead atoms. The number of ether oxygens (including phenoxy) is 2. The van der Waals surface area contributed by atoms with Gasteiger partial charge in [-0.2, -0.15) is 0 Å². The van der Waals surface area contributed by atoms with Crippen LogP contribution in [0.1, 0.15) is 20.8 Å². The predicted molar refractivity (Wildman–Crippen MR) is 130 cm³/mol. The maximum absolute atomic E-state index is 5.64. The minimum atomic E-state index is 0.241. The van der Waals surface area contributed by atoms with E-state index in [2.05, 4.69) is 45.9 Å². The number of aromatic nitrogens is 3. The van der Waals surface area contributed by atoms with Gasteiger partial charge in [-0.3, -0.25) is 0 Å². The average molecular weight is 457 g/mol. The minimum absolute atomic E-state index is 0.241. The standard InChI is InChI=1S/C23H32N6O2S/c1-23(2,3)13-25-9-10-29-15-7-8-26-21(24-4)20(15)27-22(29)32-19-12-18-17(30-14-31-18)11-16(19)28(5)6/h7-8,11-12,25H,9-10,13-14H2,1-6H3,(H,24,26). The van der Waals surface area contributed by atoms with Crippen molar-refractivity contribution in [3.05, 3.63) is 24.4 Å². The lowest BCUT2D eigenvalue weighted by atomic mass is 9.97. The summed E-state index contributed by atoms with van der Waals surface area (Å²) in [7, 11) is 5.94. The monoisotopic (exact) mass is 456 g/mol. The Morgan fingerprint density at radius 3 is 2.62 bits per heavy atom. The third kappa shape index (κ3) is 4.73. The molecule has 2 aromatic heterocycles. The molecular formula is C23H32N6O2S. The Morgan fingerprint density at radius 2 is 1.94 bits per heavy atom. The molecule has 4 rings (SSSR count). The Kier molecular flexibility index (Phi) is 6.39. The van der Waals surface area contributed by atoms with Crippen molar-refractivity contribution in [1.82, 2.24) is 19.9 Å². The van der Waals surface area contributed by atoms with Gasteiger partial charge in [0.25, 0.3) is 0 Å². The molecule has 0 aliphatic carbocycles. The number of anilines is 2. The smallest absolute Gasteiger partial charge is 0.231 e. The molecule has 1 aliphatic heterocycles. The van der Waals surface area contributed by atoms with Gasteiger partial charge in [-0.25, -0.2) is 9.97 Å². The minimum Gasteiger partial charge on any atom is -0.454 e. The Morgan fingerprint density at radius 1 is 1.19 bits per heavy atom. The second kappa shape index (κ2) is 9.07. The number of benzene rings is 1. The number of rotatable bonds is 8. The lowest BCUT2D eigenvalue weighted by molar-refractivity contribution is 0.174. The molecule has 0 spiro atoms. The van der Waals surface area contributed by atoms with Gasteiger partial charge in [-0.1, -0.05) is 20.8 Å². The van der Waals surface area contributed by atoms with E-state index >= 15 is 0 Å². The van der Waals surface area contributed by atoms with E-state index in [1.54, 1.807) is 11.8 Å². The normalized spacial score (nSPS) is 13.1. The zero-order valence-corrected chi connectivity index (χ0v) is 20.5. The molecule has 3 heterocycles. The third-order valence-corrected chi connectivity index (χ3v) is 6.21. The molecule has 8 nitrogen and oxygen atoms in total. The molecule has 0 saturated heterocycles. The van der Waals surface area contributed by atoms with E-state index < -0.39 is 0 Å². The van der Waals surface area contributed by atoms with E-state index in [0.29, 0.717) is 0 Å². The van der Waals surface area contributed by atoms with Crippen molar-refractivity contribution in [3.63, 3.8) is 0 Å². The Hall–Kier alpha value is -2.65. The molecule has 2 N–H and O–H groups in total. The fourth-order valence-electron chi connectivity index (χ4n) is 3.60. The van der Waals surface area contributed by atoms with Crippen molar-refractivity contribution in [3.8, 4) is 11.5 Å². The van der Waals surface area contributed by atoms with Crippen LogP contribution in [-0.2, 0) is 6.54 Å². The maximum Gasteiger partial charge on any atom is 0.231 e. The largest absolute Gasteiger partial charge is 0.454 e. The van der Waals surface area contributed by atoms with Crippen LogP contribution in [0.4, 0.5) is 11.5 Å². The van der Waals surface area contributed by atoms with Crippen molar-refractivity contribution in [2.75, 3.05) is 51.2 Å². The first-order valence-electron chi connectivity index (χ1n) is 10.8. The quantitative estimate of drug-likeness (QED) is 0.492. The average Bonchev–Trinajstić information content (AvgIpc) is 3.33. The van der Waals surface area contributed by atoms with E-state index in [-0.39, 0.29) is 12.2 Å². The zero-order valence-electron chi connectivity index (χ0n) is 19.7. The number of pyridine rings is 1. The second-order valence-corrected chi connectivity index (χ2v) is 10.2. The summed E-state index contributed by atoms with van der Waals surface area (Å²) >= 11 is 1.64. The van der Waals surface area contributed by atoms with Gasteiger partial charge in [-0.05, 0) is 23.2 Å². The molecule has 9 heteroatoms. The molecule has 0 saturated carbocycles. The summed E-state index contributed by atoms with van der Waals surface area (Å²) in [6.45, 7) is 9.59. The molecule has 1 aromatic carbocycles. The first-order chi connectivity index (χ1) is 15.3. The topological polar surface area (TPSA) is 76.5 Å². The summed E-state index contributed by atoms with van der Waals surface area (Å²) in [4.78, 5) is 12.6. The molecular weight excluding hydrogens is 424 g/mol. The van der Waals surface area contributed by atoms with Crippen LogP contribution in [0.2, 0.25) is 0 Å². The van der Waals surface area contributed by atoms with Gasteiger partial charge in [0.1, 0.15) is 5.52 Å². The first kappa shape index (κ1) is 22.5. The van der Waals surface area contributed by atoms with Crippen LogP contribution in [0.5, 0.6) is 11.5 Å². The highest BCUT2D eigenvalue weighted by Crippen LogP contribution is 2.44. The summed E-state index contributed by atoms with van der Waals surface area (Å²) in [5, 5.41) is 7.67. The fraction of sp³-hybridized carbons (Fsp3) is 0.478. The molecule has 0 atom stereocenters. The lowest BCUT2D eigenvalue weighted by Gasteiger charge is -2.20. The van der Waals surface area contributed by atoms with Gasteiger partial charge in [0.15, 0.2) is 22.5 Å². The molecule has 0 amide bonds. The summed E-state index contributed by atoms with van der Waals surface area (Å²) in [5.74, 6) is 2.33. The number of nitrogens with one attached hydrogen (secondary N) is 2. The van der Waals surface area contributed by atoms with E-state index in [4.69, 9.17) is 14.5 Å². The zero-order chi connectivity index (χ0) is 22.9. The SMILES string of the molecule is CNc1nccc2c1nc(Sc1cc3c(cc1N(C)C)OCO3)n2CCNCC(C)(C)C. The van der Waals surface area contributed by atoms with Gasteiger partial charge in [0, 0.05) is 64.0 Å². The van der Waals surface area contributed by atoms with E-state index in [1.165, 1.54) is 0 Å². The highest BCUT2D eigenvalue weighted by Gasteiger charge is 2.22. The number of hydrogen-bond donors (Lipinski definition) is 2. The van der Waals surface area contributed by atoms with Crippen LogP contribution in [0.15, 0.2) is 34.4 Å². The molecule has 172 valence electrons. The summed E-state index contributed by atoms with van der Waals surface area (Å²) in [6.07, 6.45) is 1.83. The van der Waals surface area contributed by atoms with E-state index in [1.807, 2.05) is 45.5 Å². The van der Waals surface area contributed by atoms with Crippen molar-refractivity contribution < 1.29 is 9.47 Å². The van der Waals surface area contributed by atoms with Crippen LogP contribution in [-0.4, -0.2) is 55.6 Å². The number of imidazole rings is 1. The molecule has 3 aromatic rings. The lowest BCUT2D eigenvalue weighted by Crippen LogP contribution is -2.29. The highest BCUT2D eigenvalue weighted by molar-refractivity contribution is 7.99. The number of nitrogens with zero attached hydrogens (tertiary/aromatic N) is 4. The molecule has 0 radical (unpaired) electrons. The van der Waals surface area contributed by atoms with Crippen molar-refractivity contribution in [2.24, 2.45) is 5.41 Å². The second-order valence-electron chi connectivity index (χ2n) is 9.23. The van der Waals surface area contributed by atoms with Gasteiger partial charge in [0.2, 0.25) is 6.79 Å². The van der Waals surface area contributed by atoms with Gasteiger partial charge in [0.05, 0.1) is 11.2 Å². The van der Waals surface area contributed by atoms with Gasteiger partial charge in [-0.15, -0.1) is 0 Å². The van der Waals surface area contributed by atoms with Gasteiger partial charge < -0.3 is 29.6 Å². The third-order valence-electron chi connectivity index (χ3n) is 5.17. The van der Waals surface area contributed by atoms with Crippen LogP contribution in [0, 0.1) is 5.41 Å². The highest BCUT2D eigenvalue weighted by atomic mass is 32.2. The summed E-state index contributed by atoms with van der Waals surface area (Å²) < 4.78 is 13.5. The van der Waals surface area contributed by atoms with E-state index in [0.717, 1.165) is 63.7 Å². The summed E-state index contributed by atoms with van der Waals surface area (Å²) in [6, 6.07) is 6.10. The van der Waals surface area contributed by atoms with Crippen LogP contribution < -0.4 is 25.0 Å². The molecule has 1 aliphatic rings. The molecule has 32 heavy (non-hydrogen) atoms. The maximum atomic E-state index is 5.64. The molecule has 0 unspecified atom stereocenters. The van der Waals surface area contributed by atoms with Crippen molar-refractivity contribution >= 4 is 34.3 Å². The fourth-order valence-corrected chi connectivity index (χ4v) is 4.75. The number of fused-ring (bicyclic) bond motifs is 2. The first-order valence-corrected chi connectivity index (χ1v) is 11.6. The van der Waals surface area contributed by atoms with Crippen molar-refractivity contribution in [2.45, 2.75) is 37.4 Å². The van der Waals surface area contributed by atoms with Gasteiger partial charge >= 0.3 is 0 Å². The number of hydrogen-bond acceptors (Lipinski definition) is 8. The predicted octanol–water partition coefficient (Wildman–Crippen LogP) is 4.05. The summed E-state index contributed by atoms with van der Waals surface area (Å²) in [5.41, 5.74) is 3.25. The molecule has 0 fully saturated rings. The van der Waals surface area contributed by atoms with Crippen LogP contribution in [0.25, 0.3) is 11.0 Å². The Balaban J connectivity index is 1.70.